The molecule has 2 aliphatic heterocycles. The van der Waals surface area contributed by atoms with Gasteiger partial charge in [-0.3, -0.25) is 9.69 Å². The van der Waals surface area contributed by atoms with Gasteiger partial charge >= 0.3 is 0 Å². The standard InChI is InChI=1S/C16H26N4OS/c1-16(2,3)15-18-13(11-22-15)14(21)20-7-4-12(10-20)19-8-5-17-6-9-19/h11-12,17H,4-10H2,1-3H3. The van der Waals surface area contributed by atoms with Gasteiger partial charge in [-0.05, 0) is 6.42 Å². The number of carbonyl (C=O) groups excluding carboxylic acids is 1. The topological polar surface area (TPSA) is 48.5 Å². The average Bonchev–Trinajstić information content (AvgIpc) is 3.16. The van der Waals surface area contributed by atoms with Crippen molar-refractivity contribution in [1.29, 1.82) is 0 Å². The molecule has 1 amide bonds. The first kappa shape index (κ1) is 15.9. The number of amides is 1. The summed E-state index contributed by atoms with van der Waals surface area (Å²) in [4.78, 5) is 21.7. The molecule has 1 N–H and O–H groups in total. The first-order valence-corrected chi connectivity index (χ1v) is 9.03. The van der Waals surface area contributed by atoms with Crippen molar-refractivity contribution in [2.24, 2.45) is 0 Å². The van der Waals surface area contributed by atoms with Gasteiger partial charge in [0.1, 0.15) is 5.69 Å². The van der Waals surface area contributed by atoms with E-state index in [9.17, 15) is 4.79 Å². The number of rotatable bonds is 2. The SMILES string of the molecule is CC(C)(C)c1nc(C(=O)N2CCC(N3CCNCC3)C2)cs1. The van der Waals surface area contributed by atoms with Crippen LogP contribution >= 0.6 is 11.3 Å². The highest BCUT2D eigenvalue weighted by Crippen LogP contribution is 2.27. The number of nitrogens with one attached hydrogen (secondary N) is 1. The van der Waals surface area contributed by atoms with Gasteiger partial charge in [0, 0.05) is 56.1 Å². The lowest BCUT2D eigenvalue weighted by Crippen LogP contribution is -2.49. The fraction of sp³-hybridized carbons (Fsp3) is 0.750. The molecule has 0 bridgehead atoms. The van der Waals surface area contributed by atoms with Crippen LogP contribution in [0, 0.1) is 0 Å². The minimum absolute atomic E-state index is 0.0115. The summed E-state index contributed by atoms with van der Waals surface area (Å²) in [5.74, 6) is 0.101. The normalized spacial score (nSPS) is 24.0. The number of hydrogen-bond acceptors (Lipinski definition) is 5. The minimum atomic E-state index is 0.0115. The quantitative estimate of drug-likeness (QED) is 0.898. The Morgan fingerprint density at radius 3 is 2.68 bits per heavy atom. The molecule has 22 heavy (non-hydrogen) atoms. The van der Waals surface area contributed by atoms with Gasteiger partial charge in [0.05, 0.1) is 5.01 Å². The lowest BCUT2D eigenvalue weighted by Gasteiger charge is -2.32. The summed E-state index contributed by atoms with van der Waals surface area (Å²) >= 11 is 1.60. The molecule has 1 aromatic heterocycles. The summed E-state index contributed by atoms with van der Waals surface area (Å²) in [5.41, 5.74) is 0.633. The van der Waals surface area contributed by atoms with E-state index in [-0.39, 0.29) is 11.3 Å². The molecule has 0 saturated carbocycles. The third kappa shape index (κ3) is 3.34. The van der Waals surface area contributed by atoms with Crippen LogP contribution in [0.5, 0.6) is 0 Å². The summed E-state index contributed by atoms with van der Waals surface area (Å²) in [7, 11) is 0. The molecule has 5 nitrogen and oxygen atoms in total. The van der Waals surface area contributed by atoms with Gasteiger partial charge in [-0.25, -0.2) is 4.98 Å². The Kier molecular flexibility index (Phi) is 4.52. The van der Waals surface area contributed by atoms with E-state index < -0.39 is 0 Å². The molecule has 2 fully saturated rings. The maximum absolute atomic E-state index is 12.7. The maximum atomic E-state index is 12.7. The zero-order chi connectivity index (χ0) is 15.7. The molecule has 0 aliphatic carbocycles. The number of piperazine rings is 1. The molecule has 2 aliphatic rings. The molecule has 1 unspecified atom stereocenters. The zero-order valence-corrected chi connectivity index (χ0v) is 14.6. The summed E-state index contributed by atoms with van der Waals surface area (Å²) in [5, 5.41) is 6.34. The first-order valence-electron chi connectivity index (χ1n) is 8.15. The zero-order valence-electron chi connectivity index (χ0n) is 13.8. The molecule has 0 spiro atoms. The van der Waals surface area contributed by atoms with Crippen LogP contribution in [0.1, 0.15) is 42.7 Å². The van der Waals surface area contributed by atoms with Gasteiger partial charge < -0.3 is 10.2 Å². The summed E-state index contributed by atoms with van der Waals surface area (Å²) in [6, 6.07) is 0.520. The summed E-state index contributed by atoms with van der Waals surface area (Å²) < 4.78 is 0. The van der Waals surface area contributed by atoms with E-state index in [4.69, 9.17) is 0 Å². The van der Waals surface area contributed by atoms with Crippen molar-refractivity contribution in [1.82, 2.24) is 20.1 Å². The van der Waals surface area contributed by atoms with Crippen LogP contribution in [-0.4, -0.2) is 66.0 Å². The molecular formula is C16H26N4OS. The predicted octanol–water partition coefficient (Wildman–Crippen LogP) is 1.56. The van der Waals surface area contributed by atoms with Gasteiger partial charge in [0.25, 0.3) is 5.91 Å². The van der Waals surface area contributed by atoms with E-state index in [1.54, 1.807) is 11.3 Å². The van der Waals surface area contributed by atoms with E-state index in [1.807, 2.05) is 10.3 Å². The highest BCUT2D eigenvalue weighted by atomic mass is 32.1. The predicted molar refractivity (Wildman–Crippen MR) is 89.6 cm³/mol. The number of carbonyl (C=O) groups is 1. The second-order valence-corrected chi connectivity index (χ2v) is 8.13. The van der Waals surface area contributed by atoms with Gasteiger partial charge in [-0.1, -0.05) is 20.8 Å². The maximum Gasteiger partial charge on any atom is 0.273 e. The van der Waals surface area contributed by atoms with E-state index in [2.05, 4.69) is 36.0 Å². The van der Waals surface area contributed by atoms with Crippen molar-refractivity contribution < 1.29 is 4.79 Å². The molecule has 1 atom stereocenters. The van der Waals surface area contributed by atoms with Crippen LogP contribution in [0.15, 0.2) is 5.38 Å². The molecule has 122 valence electrons. The Morgan fingerprint density at radius 2 is 2.05 bits per heavy atom. The average molecular weight is 322 g/mol. The van der Waals surface area contributed by atoms with Crippen LogP contribution in [0.3, 0.4) is 0 Å². The first-order chi connectivity index (χ1) is 10.4. The number of aromatic nitrogens is 1. The number of nitrogens with zero attached hydrogens (tertiary/aromatic N) is 3. The van der Waals surface area contributed by atoms with Crippen molar-refractivity contribution in [3.8, 4) is 0 Å². The second kappa shape index (κ2) is 6.26. The van der Waals surface area contributed by atoms with Crippen LogP contribution in [-0.2, 0) is 5.41 Å². The molecular weight excluding hydrogens is 296 g/mol. The molecule has 0 aromatic carbocycles. The van der Waals surface area contributed by atoms with E-state index in [0.717, 1.165) is 50.7 Å². The van der Waals surface area contributed by atoms with E-state index in [0.29, 0.717) is 11.7 Å². The van der Waals surface area contributed by atoms with Gasteiger partial charge in [0.15, 0.2) is 0 Å². The number of thiazole rings is 1. The molecule has 2 saturated heterocycles. The van der Waals surface area contributed by atoms with Crippen LogP contribution in [0.2, 0.25) is 0 Å². The lowest BCUT2D eigenvalue weighted by atomic mass is 9.98. The Labute approximate surface area is 136 Å². The fourth-order valence-electron chi connectivity index (χ4n) is 3.15. The van der Waals surface area contributed by atoms with Crippen LogP contribution in [0.25, 0.3) is 0 Å². The van der Waals surface area contributed by atoms with Crippen LogP contribution in [0.4, 0.5) is 0 Å². The van der Waals surface area contributed by atoms with Crippen molar-refractivity contribution in [3.63, 3.8) is 0 Å². The minimum Gasteiger partial charge on any atom is -0.336 e. The van der Waals surface area contributed by atoms with E-state index >= 15 is 0 Å². The number of likely N-dealkylation sites (tertiary alicyclic amines) is 1. The molecule has 3 rings (SSSR count). The Hall–Kier alpha value is -0.980. The molecule has 0 radical (unpaired) electrons. The van der Waals surface area contributed by atoms with Crippen molar-refractivity contribution in [2.45, 2.75) is 38.6 Å². The van der Waals surface area contributed by atoms with Gasteiger partial charge in [0.2, 0.25) is 0 Å². The van der Waals surface area contributed by atoms with Gasteiger partial charge in [-0.15, -0.1) is 11.3 Å². The van der Waals surface area contributed by atoms with Crippen molar-refractivity contribution in [2.75, 3.05) is 39.3 Å². The Balaban J connectivity index is 1.62. The Morgan fingerprint density at radius 1 is 1.32 bits per heavy atom. The highest BCUT2D eigenvalue weighted by molar-refractivity contribution is 7.10. The van der Waals surface area contributed by atoms with Crippen LogP contribution < -0.4 is 5.32 Å². The fourth-order valence-corrected chi connectivity index (χ4v) is 4.03. The third-order valence-electron chi connectivity index (χ3n) is 4.48. The smallest absolute Gasteiger partial charge is 0.273 e. The highest BCUT2D eigenvalue weighted by Gasteiger charge is 2.32. The summed E-state index contributed by atoms with van der Waals surface area (Å²) in [6.45, 7) is 12.4. The molecule has 1 aromatic rings. The van der Waals surface area contributed by atoms with Crippen molar-refractivity contribution in [3.05, 3.63) is 16.1 Å². The third-order valence-corrected chi connectivity index (χ3v) is 5.75. The summed E-state index contributed by atoms with van der Waals surface area (Å²) in [6.07, 6.45) is 1.09. The molecule has 6 heteroatoms. The van der Waals surface area contributed by atoms with Gasteiger partial charge in [-0.2, -0.15) is 0 Å². The monoisotopic (exact) mass is 322 g/mol. The molecule has 3 heterocycles. The second-order valence-electron chi connectivity index (χ2n) is 7.27. The Bertz CT molecular complexity index is 530. The van der Waals surface area contributed by atoms with Crippen molar-refractivity contribution >= 4 is 17.2 Å². The van der Waals surface area contributed by atoms with E-state index in [1.165, 1.54) is 0 Å². The lowest BCUT2D eigenvalue weighted by molar-refractivity contribution is 0.0768. The number of hydrogen-bond donors (Lipinski definition) is 1. The largest absolute Gasteiger partial charge is 0.336 e.